The van der Waals surface area contributed by atoms with Crippen LogP contribution >= 0.6 is 11.6 Å². The van der Waals surface area contributed by atoms with Crippen molar-refractivity contribution < 1.29 is 14.7 Å². The van der Waals surface area contributed by atoms with Gasteiger partial charge in [0.1, 0.15) is 0 Å². The van der Waals surface area contributed by atoms with Crippen molar-refractivity contribution in [2.45, 2.75) is 13.5 Å². The molecule has 1 unspecified atom stereocenters. The molecule has 1 aromatic rings. The molecular weight excluding hydrogens is 270 g/mol. The Morgan fingerprint density at radius 3 is 2.74 bits per heavy atom. The van der Waals surface area contributed by atoms with Gasteiger partial charge < -0.3 is 15.3 Å². The molecule has 0 aliphatic carbocycles. The van der Waals surface area contributed by atoms with E-state index in [-0.39, 0.29) is 19.1 Å². The number of urea groups is 1. The van der Waals surface area contributed by atoms with Gasteiger partial charge in [-0.1, -0.05) is 18.5 Å². The number of carbonyl (C=O) groups is 2. The van der Waals surface area contributed by atoms with Gasteiger partial charge in [0, 0.05) is 19.8 Å². The third-order valence-electron chi connectivity index (χ3n) is 2.53. The number of carboxylic acids is 1. The lowest BCUT2D eigenvalue weighted by atomic mass is 10.2. The van der Waals surface area contributed by atoms with Crippen molar-refractivity contribution in [3.63, 3.8) is 0 Å². The lowest BCUT2D eigenvalue weighted by Gasteiger charge is -2.19. The number of carboxylic acid groups (broad SMARTS) is 1. The summed E-state index contributed by atoms with van der Waals surface area (Å²) in [5.41, 5.74) is 0.678. The first-order valence-electron chi connectivity index (χ1n) is 5.72. The highest BCUT2D eigenvalue weighted by atomic mass is 35.5. The molecule has 1 rings (SSSR count). The van der Waals surface area contributed by atoms with Crippen molar-refractivity contribution in [1.29, 1.82) is 0 Å². The van der Waals surface area contributed by atoms with E-state index in [4.69, 9.17) is 16.7 Å². The standard InChI is InChI=1S/C12H16ClN3O3/c1-8(11(17)18)7-16(2)12(19)15-6-10-4-3-9(13)5-14-10/h3-5,8H,6-7H2,1-2H3,(H,15,19)(H,17,18). The fourth-order valence-electron chi connectivity index (χ4n) is 1.38. The Bertz CT molecular complexity index is 450. The molecule has 0 aliphatic rings. The maximum absolute atomic E-state index is 11.7. The molecule has 2 amide bonds. The Hall–Kier alpha value is -1.82. The van der Waals surface area contributed by atoms with Crippen LogP contribution in [0.5, 0.6) is 0 Å². The number of halogens is 1. The SMILES string of the molecule is CC(CN(C)C(=O)NCc1ccc(Cl)cn1)C(=O)O. The van der Waals surface area contributed by atoms with E-state index in [1.807, 2.05) is 0 Å². The number of amides is 2. The fraction of sp³-hybridized carbons (Fsp3) is 0.417. The van der Waals surface area contributed by atoms with Crippen molar-refractivity contribution in [2.75, 3.05) is 13.6 Å². The zero-order valence-electron chi connectivity index (χ0n) is 10.8. The predicted octanol–water partition coefficient (Wildman–Crippen LogP) is 1.60. The number of carbonyl (C=O) groups excluding carboxylic acids is 1. The molecule has 0 saturated heterocycles. The molecule has 7 heteroatoms. The van der Waals surface area contributed by atoms with E-state index in [9.17, 15) is 9.59 Å². The molecule has 0 radical (unpaired) electrons. The van der Waals surface area contributed by atoms with Gasteiger partial charge in [-0.05, 0) is 12.1 Å². The summed E-state index contributed by atoms with van der Waals surface area (Å²) in [6.45, 7) is 1.96. The molecule has 0 fully saturated rings. The minimum Gasteiger partial charge on any atom is -0.481 e. The molecule has 0 saturated carbocycles. The first kappa shape index (κ1) is 15.2. The van der Waals surface area contributed by atoms with Gasteiger partial charge in [-0.15, -0.1) is 0 Å². The van der Waals surface area contributed by atoms with Gasteiger partial charge in [0.2, 0.25) is 0 Å². The van der Waals surface area contributed by atoms with Crippen molar-refractivity contribution >= 4 is 23.6 Å². The van der Waals surface area contributed by atoms with Gasteiger partial charge >= 0.3 is 12.0 Å². The quantitative estimate of drug-likeness (QED) is 0.861. The van der Waals surface area contributed by atoms with Crippen LogP contribution in [0.2, 0.25) is 5.02 Å². The summed E-state index contributed by atoms with van der Waals surface area (Å²) in [4.78, 5) is 27.8. The third kappa shape index (κ3) is 5.13. The Kier molecular flexibility index (Phi) is 5.57. The molecule has 104 valence electrons. The molecule has 0 bridgehead atoms. The number of hydrogen-bond donors (Lipinski definition) is 2. The lowest BCUT2D eigenvalue weighted by molar-refractivity contribution is -0.141. The highest BCUT2D eigenvalue weighted by Crippen LogP contribution is 2.06. The number of aliphatic carboxylic acids is 1. The smallest absolute Gasteiger partial charge is 0.317 e. The maximum atomic E-state index is 11.7. The van der Waals surface area contributed by atoms with E-state index in [1.165, 1.54) is 11.1 Å². The molecule has 2 N–H and O–H groups in total. The van der Waals surface area contributed by atoms with Gasteiger partial charge in [-0.25, -0.2) is 4.79 Å². The van der Waals surface area contributed by atoms with Crippen molar-refractivity contribution in [3.8, 4) is 0 Å². The van der Waals surface area contributed by atoms with Crippen LogP contribution in [0.3, 0.4) is 0 Å². The molecule has 0 aromatic carbocycles. The van der Waals surface area contributed by atoms with Gasteiger partial charge in [-0.2, -0.15) is 0 Å². The summed E-state index contributed by atoms with van der Waals surface area (Å²) in [6.07, 6.45) is 1.50. The topological polar surface area (TPSA) is 82.5 Å². The Balaban J connectivity index is 2.42. The molecule has 0 aliphatic heterocycles. The molecule has 0 spiro atoms. The summed E-state index contributed by atoms with van der Waals surface area (Å²) in [5, 5.41) is 11.9. The molecule has 19 heavy (non-hydrogen) atoms. The van der Waals surface area contributed by atoms with Crippen LogP contribution in [0.1, 0.15) is 12.6 Å². The highest BCUT2D eigenvalue weighted by molar-refractivity contribution is 6.30. The van der Waals surface area contributed by atoms with E-state index < -0.39 is 11.9 Å². The van der Waals surface area contributed by atoms with Crippen LogP contribution in [-0.2, 0) is 11.3 Å². The minimum absolute atomic E-state index is 0.148. The maximum Gasteiger partial charge on any atom is 0.317 e. The van der Waals surface area contributed by atoms with Crippen LogP contribution in [-0.4, -0.2) is 40.6 Å². The van der Waals surface area contributed by atoms with Gasteiger partial charge in [-0.3, -0.25) is 9.78 Å². The second kappa shape index (κ2) is 6.94. The average molecular weight is 286 g/mol. The summed E-state index contributed by atoms with van der Waals surface area (Å²) in [7, 11) is 1.55. The third-order valence-corrected chi connectivity index (χ3v) is 2.75. The Morgan fingerprint density at radius 2 is 2.21 bits per heavy atom. The summed E-state index contributed by atoms with van der Waals surface area (Å²) < 4.78 is 0. The number of nitrogens with zero attached hydrogens (tertiary/aromatic N) is 2. The summed E-state index contributed by atoms with van der Waals surface area (Å²) in [6, 6.07) is 3.05. The van der Waals surface area contributed by atoms with Crippen molar-refractivity contribution in [1.82, 2.24) is 15.2 Å². The number of rotatable bonds is 5. The zero-order chi connectivity index (χ0) is 14.4. The minimum atomic E-state index is -0.931. The second-order valence-electron chi connectivity index (χ2n) is 4.25. The van der Waals surface area contributed by atoms with E-state index in [2.05, 4.69) is 10.3 Å². The predicted molar refractivity (Wildman–Crippen MR) is 70.9 cm³/mol. The van der Waals surface area contributed by atoms with Gasteiger partial charge in [0.05, 0.1) is 23.2 Å². The van der Waals surface area contributed by atoms with Crippen LogP contribution in [0.15, 0.2) is 18.3 Å². The highest BCUT2D eigenvalue weighted by Gasteiger charge is 2.17. The first-order chi connectivity index (χ1) is 8.90. The van der Waals surface area contributed by atoms with Gasteiger partial charge in [0.15, 0.2) is 0 Å². The van der Waals surface area contributed by atoms with E-state index in [1.54, 1.807) is 26.1 Å². The summed E-state index contributed by atoms with van der Waals surface area (Å²) >= 11 is 5.70. The van der Waals surface area contributed by atoms with E-state index >= 15 is 0 Å². The number of pyridine rings is 1. The van der Waals surface area contributed by atoms with Crippen LogP contribution in [0.4, 0.5) is 4.79 Å². The number of aromatic nitrogens is 1. The molecule has 1 atom stereocenters. The molecule has 6 nitrogen and oxygen atoms in total. The average Bonchev–Trinajstić information content (AvgIpc) is 2.37. The monoisotopic (exact) mass is 285 g/mol. The van der Waals surface area contributed by atoms with Crippen molar-refractivity contribution in [3.05, 3.63) is 29.0 Å². The molecular formula is C12H16ClN3O3. The zero-order valence-corrected chi connectivity index (χ0v) is 11.5. The van der Waals surface area contributed by atoms with Crippen LogP contribution < -0.4 is 5.32 Å². The number of hydrogen-bond acceptors (Lipinski definition) is 3. The van der Waals surface area contributed by atoms with Crippen molar-refractivity contribution in [2.24, 2.45) is 5.92 Å². The van der Waals surface area contributed by atoms with E-state index in [0.717, 1.165) is 0 Å². The fourth-order valence-corrected chi connectivity index (χ4v) is 1.50. The number of nitrogens with one attached hydrogen (secondary N) is 1. The molecule has 1 aromatic heterocycles. The van der Waals surface area contributed by atoms with Crippen LogP contribution in [0.25, 0.3) is 0 Å². The lowest BCUT2D eigenvalue weighted by Crippen LogP contribution is -2.40. The van der Waals surface area contributed by atoms with Gasteiger partial charge in [0.25, 0.3) is 0 Å². The van der Waals surface area contributed by atoms with Crippen LogP contribution in [0, 0.1) is 5.92 Å². The largest absolute Gasteiger partial charge is 0.481 e. The second-order valence-corrected chi connectivity index (χ2v) is 4.68. The Labute approximate surface area is 116 Å². The van der Waals surface area contributed by atoms with E-state index in [0.29, 0.717) is 10.7 Å². The molecule has 1 heterocycles. The normalized spacial score (nSPS) is 11.7. The Morgan fingerprint density at radius 1 is 1.53 bits per heavy atom. The first-order valence-corrected chi connectivity index (χ1v) is 6.10. The summed E-state index contributed by atoms with van der Waals surface area (Å²) in [5.74, 6) is -1.54.